The van der Waals surface area contributed by atoms with Crippen LogP contribution in [0.25, 0.3) is 20.7 Å². The largest absolute Gasteiger partial charge is 0.451 e. The predicted molar refractivity (Wildman–Crippen MR) is 108 cm³/mol. The van der Waals surface area contributed by atoms with Crippen LogP contribution in [0, 0.1) is 0 Å². The van der Waals surface area contributed by atoms with E-state index in [1.165, 1.54) is 29.2 Å². The SMILES string of the molecule is CCCNC(=O)[C@@H](C)OC(=O)Cn1cnc2sc(-c3ccccc3)cc2c1=O. The molecule has 1 N–H and O–H groups in total. The monoisotopic (exact) mass is 399 g/mol. The minimum atomic E-state index is -0.919. The van der Waals surface area contributed by atoms with E-state index < -0.39 is 12.1 Å². The molecule has 0 aliphatic carbocycles. The van der Waals surface area contributed by atoms with Crippen LogP contribution in [0.2, 0.25) is 0 Å². The van der Waals surface area contributed by atoms with Gasteiger partial charge in [-0.1, -0.05) is 37.3 Å². The van der Waals surface area contributed by atoms with Gasteiger partial charge in [0.15, 0.2) is 6.10 Å². The van der Waals surface area contributed by atoms with Crippen molar-refractivity contribution in [3.63, 3.8) is 0 Å². The molecule has 28 heavy (non-hydrogen) atoms. The van der Waals surface area contributed by atoms with Gasteiger partial charge in [-0.3, -0.25) is 19.0 Å². The maximum atomic E-state index is 12.7. The van der Waals surface area contributed by atoms with Crippen LogP contribution in [0.4, 0.5) is 0 Å². The van der Waals surface area contributed by atoms with Crippen LogP contribution in [0.3, 0.4) is 0 Å². The number of esters is 1. The first-order valence-electron chi connectivity index (χ1n) is 9.01. The lowest BCUT2D eigenvalue weighted by Gasteiger charge is -2.13. The van der Waals surface area contributed by atoms with Crippen LogP contribution >= 0.6 is 11.3 Å². The fourth-order valence-corrected chi connectivity index (χ4v) is 3.63. The average molecular weight is 399 g/mol. The standard InChI is InChI=1S/C20H21N3O4S/c1-3-9-21-18(25)13(2)27-17(24)11-23-12-22-19-15(20(23)26)10-16(28-19)14-7-5-4-6-8-14/h4-8,10,12-13H,3,9,11H2,1-2H3,(H,21,25)/t13-/m1/s1. The Morgan fingerprint density at radius 3 is 2.75 bits per heavy atom. The smallest absolute Gasteiger partial charge is 0.326 e. The molecule has 3 aromatic rings. The molecule has 8 heteroatoms. The van der Waals surface area contributed by atoms with Crippen molar-refractivity contribution in [2.75, 3.05) is 6.54 Å². The van der Waals surface area contributed by atoms with Gasteiger partial charge in [0, 0.05) is 11.4 Å². The highest BCUT2D eigenvalue weighted by Gasteiger charge is 2.18. The Morgan fingerprint density at radius 1 is 1.29 bits per heavy atom. The molecule has 0 aliphatic heterocycles. The third-order valence-corrected chi connectivity index (χ3v) is 5.19. The fourth-order valence-electron chi connectivity index (χ4n) is 2.64. The second kappa shape index (κ2) is 8.79. The maximum Gasteiger partial charge on any atom is 0.326 e. The Bertz CT molecular complexity index is 1040. The zero-order valence-corrected chi connectivity index (χ0v) is 16.5. The maximum absolute atomic E-state index is 12.7. The normalized spacial score (nSPS) is 11.9. The van der Waals surface area contributed by atoms with Gasteiger partial charge in [-0.15, -0.1) is 11.3 Å². The molecular formula is C20H21N3O4S. The summed E-state index contributed by atoms with van der Waals surface area (Å²) in [6.07, 6.45) is 1.20. The molecule has 2 heterocycles. The zero-order valence-electron chi connectivity index (χ0n) is 15.7. The van der Waals surface area contributed by atoms with E-state index in [0.29, 0.717) is 16.8 Å². The Morgan fingerprint density at radius 2 is 2.04 bits per heavy atom. The van der Waals surface area contributed by atoms with Gasteiger partial charge in [-0.25, -0.2) is 4.98 Å². The first-order valence-corrected chi connectivity index (χ1v) is 9.83. The minimum Gasteiger partial charge on any atom is -0.451 e. The number of carbonyl (C=O) groups excluding carboxylic acids is 2. The lowest BCUT2D eigenvalue weighted by Crippen LogP contribution is -2.37. The van der Waals surface area contributed by atoms with E-state index in [2.05, 4.69) is 10.3 Å². The molecular weight excluding hydrogens is 378 g/mol. The number of rotatable bonds is 7. The van der Waals surface area contributed by atoms with Crippen molar-refractivity contribution in [3.05, 3.63) is 53.1 Å². The predicted octanol–water partition coefficient (Wildman–Crippen LogP) is 2.58. The van der Waals surface area contributed by atoms with E-state index in [4.69, 9.17) is 4.74 Å². The number of hydrogen-bond acceptors (Lipinski definition) is 6. The number of nitrogens with zero attached hydrogens (tertiary/aromatic N) is 2. The number of nitrogens with one attached hydrogen (secondary N) is 1. The molecule has 2 aromatic heterocycles. The number of hydrogen-bond donors (Lipinski definition) is 1. The molecule has 146 valence electrons. The second-order valence-electron chi connectivity index (χ2n) is 6.30. The number of thiophene rings is 1. The molecule has 7 nitrogen and oxygen atoms in total. The number of amides is 1. The van der Waals surface area contributed by atoms with Crippen LogP contribution < -0.4 is 10.9 Å². The van der Waals surface area contributed by atoms with E-state index in [1.807, 2.05) is 37.3 Å². The topological polar surface area (TPSA) is 90.3 Å². The van der Waals surface area contributed by atoms with Gasteiger partial charge in [-0.2, -0.15) is 0 Å². The van der Waals surface area contributed by atoms with E-state index in [-0.39, 0.29) is 18.0 Å². The minimum absolute atomic E-state index is 0.302. The van der Waals surface area contributed by atoms with Gasteiger partial charge < -0.3 is 10.1 Å². The van der Waals surface area contributed by atoms with E-state index in [0.717, 1.165) is 16.9 Å². The van der Waals surface area contributed by atoms with Crippen LogP contribution in [-0.4, -0.2) is 34.1 Å². The first-order chi connectivity index (χ1) is 13.5. The summed E-state index contributed by atoms with van der Waals surface area (Å²) >= 11 is 1.42. The van der Waals surface area contributed by atoms with Crippen molar-refractivity contribution in [1.82, 2.24) is 14.9 Å². The van der Waals surface area contributed by atoms with Crippen molar-refractivity contribution < 1.29 is 14.3 Å². The van der Waals surface area contributed by atoms with Crippen molar-refractivity contribution in [1.29, 1.82) is 0 Å². The number of fused-ring (bicyclic) bond motifs is 1. The summed E-state index contributed by atoms with van der Waals surface area (Å²) in [5.41, 5.74) is 0.686. The molecule has 0 spiro atoms. The van der Waals surface area contributed by atoms with Crippen LogP contribution in [0.5, 0.6) is 0 Å². The molecule has 0 saturated heterocycles. The molecule has 1 aromatic carbocycles. The molecule has 1 amide bonds. The third-order valence-electron chi connectivity index (χ3n) is 4.10. The summed E-state index contributed by atoms with van der Waals surface area (Å²) < 4.78 is 6.32. The van der Waals surface area contributed by atoms with Crippen LogP contribution in [0.15, 0.2) is 47.5 Å². The lowest BCUT2D eigenvalue weighted by molar-refractivity contribution is -0.155. The van der Waals surface area contributed by atoms with Crippen LogP contribution in [0.1, 0.15) is 20.3 Å². The average Bonchev–Trinajstić information content (AvgIpc) is 3.14. The van der Waals surface area contributed by atoms with Crippen LogP contribution in [-0.2, 0) is 20.9 Å². The summed E-state index contributed by atoms with van der Waals surface area (Å²) in [5.74, 6) is -1.03. The highest BCUT2D eigenvalue weighted by Crippen LogP contribution is 2.30. The van der Waals surface area contributed by atoms with Crippen molar-refractivity contribution in [2.45, 2.75) is 32.9 Å². The Labute approximate surface area is 166 Å². The van der Waals surface area contributed by atoms with E-state index >= 15 is 0 Å². The van der Waals surface area contributed by atoms with Gasteiger partial charge in [-0.05, 0) is 25.0 Å². The summed E-state index contributed by atoms with van der Waals surface area (Å²) in [5, 5.41) is 3.11. The second-order valence-corrected chi connectivity index (χ2v) is 7.33. The molecule has 0 unspecified atom stereocenters. The highest BCUT2D eigenvalue weighted by atomic mass is 32.1. The van der Waals surface area contributed by atoms with E-state index in [9.17, 15) is 14.4 Å². The van der Waals surface area contributed by atoms with E-state index in [1.54, 1.807) is 6.07 Å². The Kier molecular flexibility index (Phi) is 6.20. The van der Waals surface area contributed by atoms with Crippen molar-refractivity contribution in [2.24, 2.45) is 0 Å². The molecule has 3 rings (SSSR count). The molecule has 0 fully saturated rings. The molecule has 1 atom stereocenters. The third kappa shape index (κ3) is 4.45. The zero-order chi connectivity index (χ0) is 20.1. The van der Waals surface area contributed by atoms with Crippen molar-refractivity contribution >= 4 is 33.4 Å². The number of benzene rings is 1. The number of carbonyl (C=O) groups is 2. The number of aromatic nitrogens is 2. The van der Waals surface area contributed by atoms with Gasteiger partial charge >= 0.3 is 5.97 Å². The first kappa shape index (κ1) is 19.8. The summed E-state index contributed by atoms with van der Waals surface area (Å²) in [4.78, 5) is 42.5. The molecule has 0 radical (unpaired) electrons. The van der Waals surface area contributed by atoms with Gasteiger partial charge in [0.25, 0.3) is 11.5 Å². The van der Waals surface area contributed by atoms with Crippen molar-refractivity contribution in [3.8, 4) is 10.4 Å². The Balaban J connectivity index is 1.75. The highest BCUT2D eigenvalue weighted by molar-refractivity contribution is 7.21. The molecule has 0 bridgehead atoms. The fraction of sp³-hybridized carbons (Fsp3) is 0.300. The lowest BCUT2D eigenvalue weighted by atomic mass is 10.2. The van der Waals surface area contributed by atoms with Gasteiger partial charge in [0.05, 0.1) is 11.7 Å². The molecule has 0 aliphatic rings. The quantitative estimate of drug-likeness (QED) is 0.617. The Hall–Kier alpha value is -3.00. The number of ether oxygens (including phenoxy) is 1. The summed E-state index contributed by atoms with van der Waals surface area (Å²) in [6.45, 7) is 3.64. The molecule has 0 saturated carbocycles. The van der Waals surface area contributed by atoms with Gasteiger partial charge in [0.2, 0.25) is 0 Å². The summed E-state index contributed by atoms with van der Waals surface area (Å²) in [6, 6.07) is 11.5. The van der Waals surface area contributed by atoms with Gasteiger partial charge in [0.1, 0.15) is 11.4 Å². The summed E-state index contributed by atoms with van der Waals surface area (Å²) in [7, 11) is 0.